The van der Waals surface area contributed by atoms with Gasteiger partial charge in [0.15, 0.2) is 0 Å². The topological polar surface area (TPSA) is 29.1 Å². The molecule has 0 aliphatic heterocycles. The minimum Gasteiger partial charge on any atom is -0.351 e. The number of alkyl halides is 1. The molecular formula is C14H18BrClFNO. The highest BCUT2D eigenvalue weighted by molar-refractivity contribution is 9.10. The first-order valence-electron chi connectivity index (χ1n) is 6.28. The van der Waals surface area contributed by atoms with Gasteiger partial charge >= 0.3 is 0 Å². The number of carbonyl (C=O) groups is 1. The van der Waals surface area contributed by atoms with Gasteiger partial charge in [0.25, 0.3) is 5.91 Å². The number of hydrogen-bond acceptors (Lipinski definition) is 1. The average Bonchev–Trinajstić information content (AvgIpc) is 2.44. The lowest BCUT2D eigenvalue weighted by molar-refractivity contribution is 0.0927. The lowest BCUT2D eigenvalue weighted by Gasteiger charge is -2.29. The molecule has 19 heavy (non-hydrogen) atoms. The highest BCUT2D eigenvalue weighted by atomic mass is 79.9. The minimum atomic E-state index is -0.538. The van der Waals surface area contributed by atoms with Crippen LogP contribution in [0.3, 0.4) is 0 Å². The van der Waals surface area contributed by atoms with Crippen LogP contribution in [0.15, 0.2) is 22.7 Å². The Morgan fingerprint density at radius 3 is 2.58 bits per heavy atom. The monoisotopic (exact) mass is 349 g/mol. The Hall–Kier alpha value is -0.610. The minimum absolute atomic E-state index is 0.0463. The third-order valence-corrected chi connectivity index (χ3v) is 4.78. The van der Waals surface area contributed by atoms with E-state index < -0.39 is 11.7 Å². The predicted octanol–water partition coefficient (Wildman–Crippen LogP) is 4.36. The van der Waals surface area contributed by atoms with Gasteiger partial charge in [-0.1, -0.05) is 19.9 Å². The molecule has 0 fully saturated rings. The summed E-state index contributed by atoms with van der Waals surface area (Å²) in [5.41, 5.74) is -0.0789. The third kappa shape index (κ3) is 3.93. The summed E-state index contributed by atoms with van der Waals surface area (Å²) in [6.45, 7) is 4.53. The van der Waals surface area contributed by atoms with Gasteiger partial charge in [-0.25, -0.2) is 4.39 Å². The van der Waals surface area contributed by atoms with E-state index in [9.17, 15) is 9.18 Å². The Bertz CT molecular complexity index is 441. The molecule has 0 aliphatic rings. The van der Waals surface area contributed by atoms with Crippen molar-refractivity contribution in [3.05, 3.63) is 34.1 Å². The van der Waals surface area contributed by atoms with E-state index in [-0.39, 0.29) is 15.5 Å². The molecule has 0 bridgehead atoms. The number of amides is 1. The second-order valence-electron chi connectivity index (χ2n) is 4.62. The van der Waals surface area contributed by atoms with Gasteiger partial charge in [-0.05, 0) is 40.9 Å². The number of carbonyl (C=O) groups excluding carboxylic acids is 1. The number of halogens is 3. The van der Waals surface area contributed by atoms with Crippen molar-refractivity contribution in [3.63, 3.8) is 0 Å². The summed E-state index contributed by atoms with van der Waals surface area (Å²) < 4.78 is 14.1. The van der Waals surface area contributed by atoms with Crippen LogP contribution in [0.4, 0.5) is 4.39 Å². The van der Waals surface area contributed by atoms with Gasteiger partial charge in [0, 0.05) is 17.8 Å². The van der Waals surface area contributed by atoms with Gasteiger partial charge in [-0.2, -0.15) is 0 Å². The second-order valence-corrected chi connectivity index (χ2v) is 5.75. The molecule has 1 aromatic carbocycles. The van der Waals surface area contributed by atoms with Crippen LogP contribution in [0.1, 0.15) is 37.0 Å². The van der Waals surface area contributed by atoms with E-state index in [1.54, 1.807) is 12.1 Å². The van der Waals surface area contributed by atoms with Gasteiger partial charge in [-0.3, -0.25) is 4.79 Å². The number of hydrogen-bond donors (Lipinski definition) is 1. The first-order chi connectivity index (χ1) is 8.99. The Labute approximate surface area is 126 Å². The number of benzene rings is 1. The van der Waals surface area contributed by atoms with Crippen LogP contribution in [0, 0.1) is 11.2 Å². The molecule has 1 N–H and O–H groups in total. The second kappa shape index (κ2) is 7.25. The molecule has 106 valence electrons. The van der Waals surface area contributed by atoms with E-state index >= 15 is 0 Å². The van der Waals surface area contributed by atoms with Crippen molar-refractivity contribution in [1.29, 1.82) is 0 Å². The molecule has 0 aromatic heterocycles. The smallest absolute Gasteiger partial charge is 0.254 e. The van der Waals surface area contributed by atoms with Crippen molar-refractivity contribution in [2.24, 2.45) is 5.41 Å². The van der Waals surface area contributed by atoms with Gasteiger partial charge < -0.3 is 5.32 Å². The molecule has 5 heteroatoms. The third-order valence-electron chi connectivity index (χ3n) is 3.60. The molecule has 0 spiro atoms. The molecule has 0 atom stereocenters. The summed E-state index contributed by atoms with van der Waals surface area (Å²) >= 11 is 9.05. The summed E-state index contributed by atoms with van der Waals surface area (Å²) in [6.07, 6.45) is 1.74. The summed E-state index contributed by atoms with van der Waals surface area (Å²) in [6, 6.07) is 4.67. The molecule has 0 saturated carbocycles. The van der Waals surface area contributed by atoms with Gasteiger partial charge in [0.2, 0.25) is 0 Å². The fourth-order valence-corrected chi connectivity index (χ4v) is 2.62. The lowest BCUT2D eigenvalue weighted by Crippen LogP contribution is -2.38. The molecule has 2 nitrogen and oxygen atoms in total. The van der Waals surface area contributed by atoms with Crippen molar-refractivity contribution < 1.29 is 9.18 Å². The van der Waals surface area contributed by atoms with Crippen molar-refractivity contribution in [2.75, 3.05) is 12.4 Å². The van der Waals surface area contributed by atoms with Gasteiger partial charge in [0.1, 0.15) is 5.82 Å². The van der Waals surface area contributed by atoms with Crippen molar-refractivity contribution >= 4 is 33.4 Å². The molecule has 0 saturated heterocycles. The fourth-order valence-electron chi connectivity index (χ4n) is 1.78. The SMILES string of the molecule is CCC(CC)(CCl)CNC(=O)c1cccc(Br)c1F. The van der Waals surface area contributed by atoms with E-state index in [1.165, 1.54) is 6.07 Å². The van der Waals surface area contributed by atoms with E-state index in [4.69, 9.17) is 11.6 Å². The molecule has 0 heterocycles. The average molecular weight is 351 g/mol. The summed E-state index contributed by atoms with van der Waals surface area (Å²) in [4.78, 5) is 12.0. The summed E-state index contributed by atoms with van der Waals surface area (Å²) in [5.74, 6) is -0.471. The van der Waals surface area contributed by atoms with Crippen LogP contribution in [-0.2, 0) is 0 Å². The quantitative estimate of drug-likeness (QED) is 0.759. The van der Waals surface area contributed by atoms with E-state index in [2.05, 4.69) is 21.2 Å². The van der Waals surface area contributed by atoms with Crippen molar-refractivity contribution in [2.45, 2.75) is 26.7 Å². The highest BCUT2D eigenvalue weighted by Gasteiger charge is 2.26. The van der Waals surface area contributed by atoms with Crippen LogP contribution >= 0.6 is 27.5 Å². The molecule has 1 aromatic rings. The zero-order valence-electron chi connectivity index (χ0n) is 11.1. The van der Waals surface area contributed by atoms with Crippen molar-refractivity contribution in [3.8, 4) is 0 Å². The number of nitrogens with one attached hydrogen (secondary N) is 1. The van der Waals surface area contributed by atoms with Gasteiger partial charge in [0.05, 0.1) is 10.0 Å². The zero-order valence-corrected chi connectivity index (χ0v) is 13.4. The fraction of sp³-hybridized carbons (Fsp3) is 0.500. The molecule has 1 amide bonds. The van der Waals surface area contributed by atoms with Gasteiger partial charge in [-0.15, -0.1) is 11.6 Å². The Morgan fingerprint density at radius 1 is 1.42 bits per heavy atom. The van der Waals surface area contributed by atoms with Crippen LogP contribution in [-0.4, -0.2) is 18.3 Å². The zero-order chi connectivity index (χ0) is 14.5. The predicted molar refractivity (Wildman–Crippen MR) is 80.2 cm³/mol. The molecule has 0 aliphatic carbocycles. The molecular weight excluding hydrogens is 333 g/mol. The van der Waals surface area contributed by atoms with E-state index in [0.717, 1.165) is 12.8 Å². The van der Waals surface area contributed by atoms with Crippen LogP contribution in [0.5, 0.6) is 0 Å². The largest absolute Gasteiger partial charge is 0.351 e. The first kappa shape index (κ1) is 16.4. The highest BCUT2D eigenvalue weighted by Crippen LogP contribution is 2.27. The Kier molecular flexibility index (Phi) is 6.27. The summed E-state index contributed by atoms with van der Waals surface area (Å²) in [5, 5.41) is 2.78. The van der Waals surface area contributed by atoms with Crippen LogP contribution in [0.25, 0.3) is 0 Å². The maximum absolute atomic E-state index is 13.8. The Balaban J connectivity index is 2.78. The lowest BCUT2D eigenvalue weighted by atomic mass is 9.84. The maximum atomic E-state index is 13.8. The van der Waals surface area contributed by atoms with E-state index in [0.29, 0.717) is 12.4 Å². The van der Waals surface area contributed by atoms with Crippen LogP contribution < -0.4 is 5.32 Å². The van der Waals surface area contributed by atoms with E-state index in [1.807, 2.05) is 13.8 Å². The maximum Gasteiger partial charge on any atom is 0.254 e. The normalized spacial score (nSPS) is 11.4. The standard InChI is InChI=1S/C14H18BrClFNO/c1-3-14(4-2,8-16)9-18-13(19)10-6-5-7-11(15)12(10)17/h5-7H,3-4,8-9H2,1-2H3,(H,18,19). The Morgan fingerprint density at radius 2 is 2.05 bits per heavy atom. The summed E-state index contributed by atoms with van der Waals surface area (Å²) in [7, 11) is 0. The molecule has 0 radical (unpaired) electrons. The number of rotatable bonds is 6. The van der Waals surface area contributed by atoms with Crippen LogP contribution in [0.2, 0.25) is 0 Å². The first-order valence-corrected chi connectivity index (χ1v) is 7.60. The molecule has 0 unspecified atom stereocenters. The molecule has 1 rings (SSSR count). The van der Waals surface area contributed by atoms with Crippen molar-refractivity contribution in [1.82, 2.24) is 5.32 Å².